The van der Waals surface area contributed by atoms with Crippen LogP contribution in [0.15, 0.2) is 66.7 Å². The Hall–Kier alpha value is -2.36. The van der Waals surface area contributed by atoms with Gasteiger partial charge in [-0.05, 0) is 48.5 Å². The number of hydrogen-bond donors (Lipinski definition) is 1. The first-order chi connectivity index (χ1) is 12.7. The molecule has 5 heteroatoms. The smallest absolute Gasteiger partial charge is 0.124 e. The van der Waals surface area contributed by atoms with Crippen molar-refractivity contribution in [2.75, 3.05) is 12.4 Å². The number of methoxy groups -OCH3 is 1. The molecule has 3 rings (SSSR count). The maximum atomic E-state index is 6.20. The molecule has 26 heavy (non-hydrogen) atoms. The lowest BCUT2D eigenvalue weighted by Crippen LogP contribution is -2.04. The van der Waals surface area contributed by atoms with E-state index >= 15 is 0 Å². The number of hydrogen-bond acceptors (Lipinski definition) is 3. The van der Waals surface area contributed by atoms with Crippen LogP contribution in [0.25, 0.3) is 0 Å². The molecular formula is C21H19Cl2NO2. The van der Waals surface area contributed by atoms with Crippen LogP contribution in [-0.4, -0.2) is 7.11 Å². The Morgan fingerprint density at radius 1 is 0.885 bits per heavy atom. The first-order valence-corrected chi connectivity index (χ1v) is 8.94. The summed E-state index contributed by atoms with van der Waals surface area (Å²) in [6.07, 6.45) is 0. The second-order valence-electron chi connectivity index (χ2n) is 5.71. The Labute approximate surface area is 163 Å². The first kappa shape index (κ1) is 18.4. The molecular weight excluding hydrogens is 369 g/mol. The van der Waals surface area contributed by atoms with Crippen LogP contribution in [0.4, 0.5) is 5.69 Å². The van der Waals surface area contributed by atoms with Gasteiger partial charge in [0.25, 0.3) is 0 Å². The Morgan fingerprint density at radius 2 is 1.65 bits per heavy atom. The van der Waals surface area contributed by atoms with Crippen molar-refractivity contribution in [3.8, 4) is 11.5 Å². The molecule has 0 aliphatic rings. The summed E-state index contributed by atoms with van der Waals surface area (Å²) >= 11 is 12.4. The fraction of sp³-hybridized carbons (Fsp3) is 0.143. The van der Waals surface area contributed by atoms with Gasteiger partial charge in [-0.2, -0.15) is 0 Å². The van der Waals surface area contributed by atoms with Crippen LogP contribution in [0.2, 0.25) is 10.0 Å². The van der Waals surface area contributed by atoms with E-state index < -0.39 is 0 Å². The van der Waals surface area contributed by atoms with Gasteiger partial charge in [-0.1, -0.05) is 41.4 Å². The zero-order chi connectivity index (χ0) is 18.4. The molecule has 0 aromatic heterocycles. The third-order valence-electron chi connectivity index (χ3n) is 3.94. The molecule has 0 bridgehead atoms. The molecule has 0 saturated carbocycles. The van der Waals surface area contributed by atoms with Gasteiger partial charge in [-0.25, -0.2) is 0 Å². The highest BCUT2D eigenvalue weighted by Gasteiger charge is 2.07. The van der Waals surface area contributed by atoms with Crippen LogP contribution in [0.5, 0.6) is 11.5 Å². The Kier molecular flexibility index (Phi) is 6.26. The van der Waals surface area contributed by atoms with Crippen LogP contribution < -0.4 is 14.8 Å². The predicted molar refractivity (Wildman–Crippen MR) is 108 cm³/mol. The second-order valence-corrected chi connectivity index (χ2v) is 6.56. The SMILES string of the molecule is COc1ccc(NCc2cc(Cl)ccc2OCc2ccccc2Cl)cc1. The molecule has 0 saturated heterocycles. The average Bonchev–Trinajstić information content (AvgIpc) is 2.67. The predicted octanol–water partition coefficient (Wildman–Crippen LogP) is 6.19. The summed E-state index contributed by atoms with van der Waals surface area (Å²) in [4.78, 5) is 0. The molecule has 0 unspecified atom stereocenters. The highest BCUT2D eigenvalue weighted by atomic mass is 35.5. The lowest BCUT2D eigenvalue weighted by molar-refractivity contribution is 0.303. The molecule has 0 spiro atoms. The number of ether oxygens (including phenoxy) is 2. The lowest BCUT2D eigenvalue weighted by atomic mass is 10.2. The van der Waals surface area contributed by atoms with Gasteiger partial charge in [0, 0.05) is 33.4 Å². The van der Waals surface area contributed by atoms with E-state index in [9.17, 15) is 0 Å². The Bertz CT molecular complexity index is 866. The fourth-order valence-electron chi connectivity index (χ4n) is 2.50. The summed E-state index contributed by atoms with van der Waals surface area (Å²) in [5.74, 6) is 1.59. The number of anilines is 1. The first-order valence-electron chi connectivity index (χ1n) is 8.18. The third kappa shape index (κ3) is 4.84. The van der Waals surface area contributed by atoms with Gasteiger partial charge in [0.15, 0.2) is 0 Å². The van der Waals surface area contributed by atoms with E-state index in [4.69, 9.17) is 32.7 Å². The molecule has 0 amide bonds. The monoisotopic (exact) mass is 387 g/mol. The third-order valence-corrected chi connectivity index (χ3v) is 4.54. The van der Waals surface area contributed by atoms with Gasteiger partial charge in [0.05, 0.1) is 7.11 Å². The van der Waals surface area contributed by atoms with Gasteiger partial charge < -0.3 is 14.8 Å². The molecule has 1 N–H and O–H groups in total. The lowest BCUT2D eigenvalue weighted by Gasteiger charge is -2.14. The van der Waals surface area contributed by atoms with Gasteiger partial charge in [0.2, 0.25) is 0 Å². The topological polar surface area (TPSA) is 30.5 Å². The zero-order valence-electron chi connectivity index (χ0n) is 14.3. The summed E-state index contributed by atoms with van der Waals surface area (Å²) < 4.78 is 11.2. The summed E-state index contributed by atoms with van der Waals surface area (Å²) in [5.41, 5.74) is 2.90. The van der Waals surface area contributed by atoms with Crippen LogP contribution in [0.3, 0.4) is 0 Å². The van der Waals surface area contributed by atoms with Crippen LogP contribution in [0, 0.1) is 0 Å². The molecule has 0 aliphatic carbocycles. The molecule has 0 fully saturated rings. The van der Waals surface area contributed by atoms with E-state index in [0.29, 0.717) is 23.2 Å². The highest BCUT2D eigenvalue weighted by molar-refractivity contribution is 6.31. The Morgan fingerprint density at radius 3 is 2.38 bits per heavy atom. The zero-order valence-corrected chi connectivity index (χ0v) is 15.8. The van der Waals surface area contributed by atoms with Crippen molar-refractivity contribution < 1.29 is 9.47 Å². The number of rotatable bonds is 7. The van der Waals surface area contributed by atoms with Crippen molar-refractivity contribution in [1.29, 1.82) is 0 Å². The quantitative estimate of drug-likeness (QED) is 0.523. The van der Waals surface area contributed by atoms with Gasteiger partial charge in [0.1, 0.15) is 18.1 Å². The minimum absolute atomic E-state index is 0.400. The molecule has 0 radical (unpaired) electrons. The second kappa shape index (κ2) is 8.84. The molecule has 3 aromatic rings. The van der Waals surface area contributed by atoms with Crippen molar-refractivity contribution in [3.63, 3.8) is 0 Å². The van der Waals surface area contributed by atoms with Crippen molar-refractivity contribution >= 4 is 28.9 Å². The molecule has 0 heterocycles. The van der Waals surface area contributed by atoms with Gasteiger partial charge in [-0.15, -0.1) is 0 Å². The minimum Gasteiger partial charge on any atom is -0.497 e. The summed E-state index contributed by atoms with van der Waals surface area (Å²) in [6, 6.07) is 21.0. The summed E-state index contributed by atoms with van der Waals surface area (Å²) in [6.45, 7) is 0.988. The number of benzene rings is 3. The van der Waals surface area contributed by atoms with E-state index in [0.717, 1.165) is 28.3 Å². The summed E-state index contributed by atoms with van der Waals surface area (Å²) in [5, 5.41) is 4.73. The van der Waals surface area contributed by atoms with Crippen molar-refractivity contribution in [3.05, 3.63) is 87.9 Å². The summed E-state index contributed by atoms with van der Waals surface area (Å²) in [7, 11) is 1.65. The average molecular weight is 388 g/mol. The molecule has 3 nitrogen and oxygen atoms in total. The van der Waals surface area contributed by atoms with Crippen molar-refractivity contribution in [2.45, 2.75) is 13.2 Å². The molecule has 0 aliphatic heterocycles. The van der Waals surface area contributed by atoms with E-state index in [2.05, 4.69) is 5.32 Å². The standard InChI is InChI=1S/C21H19Cl2NO2/c1-25-19-9-7-18(8-10-19)24-13-16-12-17(22)6-11-21(16)26-14-15-4-2-3-5-20(15)23/h2-12,24H,13-14H2,1H3. The van der Waals surface area contributed by atoms with Crippen LogP contribution in [-0.2, 0) is 13.2 Å². The normalized spacial score (nSPS) is 10.4. The Balaban J connectivity index is 1.70. The van der Waals surface area contributed by atoms with Crippen molar-refractivity contribution in [1.82, 2.24) is 0 Å². The highest BCUT2D eigenvalue weighted by Crippen LogP contribution is 2.26. The molecule has 3 aromatic carbocycles. The fourth-order valence-corrected chi connectivity index (χ4v) is 2.89. The van der Waals surface area contributed by atoms with Gasteiger partial charge >= 0.3 is 0 Å². The minimum atomic E-state index is 0.400. The van der Waals surface area contributed by atoms with Crippen molar-refractivity contribution in [2.24, 2.45) is 0 Å². The van der Waals surface area contributed by atoms with Crippen LogP contribution in [0.1, 0.15) is 11.1 Å². The van der Waals surface area contributed by atoms with Crippen LogP contribution >= 0.6 is 23.2 Å². The molecule has 134 valence electrons. The maximum absolute atomic E-state index is 6.20. The van der Waals surface area contributed by atoms with Gasteiger partial charge in [-0.3, -0.25) is 0 Å². The van der Waals surface area contributed by atoms with E-state index in [1.54, 1.807) is 7.11 Å². The number of nitrogens with one attached hydrogen (secondary N) is 1. The molecule has 0 atom stereocenters. The largest absolute Gasteiger partial charge is 0.497 e. The van der Waals surface area contributed by atoms with E-state index in [1.165, 1.54) is 0 Å². The van der Waals surface area contributed by atoms with E-state index in [1.807, 2.05) is 66.7 Å². The maximum Gasteiger partial charge on any atom is 0.124 e. The number of halogens is 2. The van der Waals surface area contributed by atoms with E-state index in [-0.39, 0.29) is 0 Å².